The molecule has 0 bridgehead atoms. The summed E-state index contributed by atoms with van der Waals surface area (Å²) < 4.78 is 0. The SMILES string of the molecule is CC(C)CNCC(O)CSc1nccc(=O)[nH]1. The molecule has 1 unspecified atom stereocenters. The molecule has 0 saturated heterocycles. The molecule has 1 aromatic rings. The van der Waals surface area contributed by atoms with Gasteiger partial charge in [-0.2, -0.15) is 0 Å². The molecule has 0 amide bonds. The Morgan fingerprint density at radius 1 is 1.53 bits per heavy atom. The van der Waals surface area contributed by atoms with Gasteiger partial charge >= 0.3 is 0 Å². The molecular formula is C11H19N3O2S. The molecule has 0 aliphatic rings. The van der Waals surface area contributed by atoms with E-state index in [1.165, 1.54) is 24.0 Å². The molecule has 17 heavy (non-hydrogen) atoms. The lowest BCUT2D eigenvalue weighted by Gasteiger charge is -2.12. The second kappa shape index (κ2) is 7.47. The predicted molar refractivity (Wildman–Crippen MR) is 69.3 cm³/mol. The maximum atomic E-state index is 11.0. The van der Waals surface area contributed by atoms with Gasteiger partial charge in [0.1, 0.15) is 0 Å². The first kappa shape index (κ1) is 14.2. The number of aliphatic hydroxyl groups is 1. The molecule has 0 spiro atoms. The number of rotatable bonds is 7. The zero-order valence-electron chi connectivity index (χ0n) is 10.1. The maximum Gasteiger partial charge on any atom is 0.251 e. The highest BCUT2D eigenvalue weighted by atomic mass is 32.2. The van der Waals surface area contributed by atoms with Gasteiger partial charge < -0.3 is 15.4 Å². The molecular weight excluding hydrogens is 238 g/mol. The van der Waals surface area contributed by atoms with E-state index in [1.807, 2.05) is 0 Å². The molecule has 0 radical (unpaired) electrons. The number of thioether (sulfide) groups is 1. The summed E-state index contributed by atoms with van der Waals surface area (Å²) in [6, 6.07) is 1.37. The topological polar surface area (TPSA) is 78.0 Å². The van der Waals surface area contributed by atoms with Crippen molar-refractivity contribution in [3.63, 3.8) is 0 Å². The van der Waals surface area contributed by atoms with Crippen molar-refractivity contribution in [2.24, 2.45) is 5.92 Å². The quantitative estimate of drug-likeness (QED) is 0.489. The highest BCUT2D eigenvalue weighted by molar-refractivity contribution is 7.99. The Morgan fingerprint density at radius 2 is 2.29 bits per heavy atom. The Kier molecular flexibility index (Phi) is 6.25. The zero-order chi connectivity index (χ0) is 12.7. The smallest absolute Gasteiger partial charge is 0.251 e. The van der Waals surface area contributed by atoms with Crippen LogP contribution < -0.4 is 10.9 Å². The molecule has 1 aromatic heterocycles. The van der Waals surface area contributed by atoms with E-state index in [0.29, 0.717) is 23.4 Å². The van der Waals surface area contributed by atoms with E-state index >= 15 is 0 Å². The lowest BCUT2D eigenvalue weighted by Crippen LogP contribution is -2.31. The Labute approximate surface area is 105 Å². The van der Waals surface area contributed by atoms with E-state index in [9.17, 15) is 9.90 Å². The van der Waals surface area contributed by atoms with Crippen LogP contribution in [0.5, 0.6) is 0 Å². The molecule has 0 aliphatic carbocycles. The Morgan fingerprint density at radius 3 is 2.94 bits per heavy atom. The minimum atomic E-state index is -0.441. The second-order valence-corrected chi connectivity index (χ2v) is 5.26. The lowest BCUT2D eigenvalue weighted by molar-refractivity contribution is 0.194. The van der Waals surface area contributed by atoms with Crippen LogP contribution in [-0.4, -0.2) is 40.0 Å². The number of hydrogen-bond acceptors (Lipinski definition) is 5. The van der Waals surface area contributed by atoms with Crippen molar-refractivity contribution in [2.45, 2.75) is 25.1 Å². The van der Waals surface area contributed by atoms with Crippen LogP contribution in [-0.2, 0) is 0 Å². The third-order valence-corrected chi connectivity index (χ3v) is 3.03. The van der Waals surface area contributed by atoms with E-state index in [2.05, 4.69) is 29.1 Å². The number of aromatic amines is 1. The highest BCUT2D eigenvalue weighted by Gasteiger charge is 2.06. The highest BCUT2D eigenvalue weighted by Crippen LogP contribution is 2.10. The van der Waals surface area contributed by atoms with Crippen LogP contribution in [0.2, 0.25) is 0 Å². The number of aromatic nitrogens is 2. The molecule has 0 saturated carbocycles. The van der Waals surface area contributed by atoms with E-state index in [1.54, 1.807) is 0 Å². The molecule has 96 valence electrons. The number of hydrogen-bond donors (Lipinski definition) is 3. The lowest BCUT2D eigenvalue weighted by atomic mass is 10.2. The Bertz CT molecular complexity index is 381. The maximum absolute atomic E-state index is 11.0. The molecule has 1 rings (SSSR count). The molecule has 5 nitrogen and oxygen atoms in total. The van der Waals surface area contributed by atoms with Crippen molar-refractivity contribution in [3.05, 3.63) is 22.6 Å². The second-order valence-electron chi connectivity index (χ2n) is 4.26. The number of nitrogens with zero attached hydrogens (tertiary/aromatic N) is 1. The van der Waals surface area contributed by atoms with Gasteiger partial charge in [0.15, 0.2) is 5.16 Å². The summed E-state index contributed by atoms with van der Waals surface area (Å²) in [5.74, 6) is 1.08. The fraction of sp³-hybridized carbons (Fsp3) is 0.636. The first-order valence-corrected chi connectivity index (χ1v) is 6.63. The average molecular weight is 257 g/mol. The van der Waals surface area contributed by atoms with Gasteiger partial charge in [0.05, 0.1) is 6.10 Å². The molecule has 0 fully saturated rings. The molecule has 0 aromatic carbocycles. The van der Waals surface area contributed by atoms with Crippen LogP contribution in [0, 0.1) is 5.92 Å². The minimum absolute atomic E-state index is 0.171. The minimum Gasteiger partial charge on any atom is -0.391 e. The standard InChI is InChI=1S/C11H19N3O2S/c1-8(2)5-12-6-9(15)7-17-11-13-4-3-10(16)14-11/h3-4,8-9,12,15H,5-7H2,1-2H3,(H,13,14,16). The Hall–Kier alpha value is -0.850. The van der Waals surface area contributed by atoms with Crippen LogP contribution in [0.3, 0.4) is 0 Å². The van der Waals surface area contributed by atoms with E-state index in [4.69, 9.17) is 0 Å². The van der Waals surface area contributed by atoms with E-state index < -0.39 is 6.10 Å². The van der Waals surface area contributed by atoms with Crippen molar-refractivity contribution < 1.29 is 5.11 Å². The summed E-state index contributed by atoms with van der Waals surface area (Å²) in [4.78, 5) is 17.6. The molecule has 3 N–H and O–H groups in total. The van der Waals surface area contributed by atoms with Gasteiger partial charge in [-0.05, 0) is 12.5 Å². The molecule has 0 aliphatic heterocycles. The van der Waals surface area contributed by atoms with Crippen molar-refractivity contribution in [3.8, 4) is 0 Å². The average Bonchev–Trinajstić information content (AvgIpc) is 2.26. The van der Waals surface area contributed by atoms with E-state index in [0.717, 1.165) is 6.54 Å². The third-order valence-electron chi connectivity index (χ3n) is 1.99. The van der Waals surface area contributed by atoms with Gasteiger partial charge in [0, 0.05) is 24.6 Å². The summed E-state index contributed by atoms with van der Waals surface area (Å²) in [5.41, 5.74) is -0.171. The van der Waals surface area contributed by atoms with Crippen LogP contribution in [0.4, 0.5) is 0 Å². The summed E-state index contributed by atoms with van der Waals surface area (Å²) in [5, 5.41) is 13.4. The number of H-pyrrole nitrogens is 1. The number of aliphatic hydroxyl groups excluding tert-OH is 1. The summed E-state index contributed by atoms with van der Waals surface area (Å²) in [6.45, 7) is 5.68. The molecule has 1 atom stereocenters. The first-order valence-electron chi connectivity index (χ1n) is 5.65. The normalized spacial score (nSPS) is 12.9. The summed E-state index contributed by atoms with van der Waals surface area (Å²) in [7, 11) is 0. The van der Waals surface area contributed by atoms with Crippen molar-refractivity contribution in [1.29, 1.82) is 0 Å². The van der Waals surface area contributed by atoms with Gasteiger partial charge in [0.25, 0.3) is 5.56 Å². The zero-order valence-corrected chi connectivity index (χ0v) is 11.0. The van der Waals surface area contributed by atoms with Gasteiger partial charge in [0.2, 0.25) is 0 Å². The summed E-state index contributed by atoms with van der Waals surface area (Å²) >= 11 is 1.34. The van der Waals surface area contributed by atoms with Gasteiger partial charge in [-0.1, -0.05) is 25.6 Å². The van der Waals surface area contributed by atoms with Crippen LogP contribution in [0.15, 0.2) is 22.2 Å². The van der Waals surface area contributed by atoms with Gasteiger partial charge in [-0.25, -0.2) is 4.98 Å². The monoisotopic (exact) mass is 257 g/mol. The fourth-order valence-corrected chi connectivity index (χ4v) is 1.97. The van der Waals surface area contributed by atoms with Crippen molar-refractivity contribution in [1.82, 2.24) is 15.3 Å². The first-order chi connectivity index (χ1) is 8.08. The summed E-state index contributed by atoms with van der Waals surface area (Å²) in [6.07, 6.45) is 1.02. The third kappa shape index (κ3) is 6.45. The largest absolute Gasteiger partial charge is 0.391 e. The fourth-order valence-electron chi connectivity index (χ4n) is 1.20. The van der Waals surface area contributed by atoms with Gasteiger partial charge in [-0.3, -0.25) is 4.79 Å². The number of nitrogens with one attached hydrogen (secondary N) is 2. The van der Waals surface area contributed by atoms with Gasteiger partial charge in [-0.15, -0.1) is 0 Å². The van der Waals surface area contributed by atoms with Crippen molar-refractivity contribution >= 4 is 11.8 Å². The predicted octanol–water partition coefficient (Wildman–Crippen LogP) is 0.469. The van der Waals surface area contributed by atoms with Crippen molar-refractivity contribution in [2.75, 3.05) is 18.8 Å². The molecule has 6 heteroatoms. The molecule has 1 heterocycles. The van der Waals surface area contributed by atoms with E-state index in [-0.39, 0.29) is 5.56 Å². The Balaban J connectivity index is 2.23. The van der Waals surface area contributed by atoms with Crippen LogP contribution in [0.25, 0.3) is 0 Å². The van der Waals surface area contributed by atoms with Crippen LogP contribution in [0.1, 0.15) is 13.8 Å². The van der Waals surface area contributed by atoms with Crippen LogP contribution >= 0.6 is 11.8 Å².